The minimum absolute atomic E-state index is 0.00231. The highest BCUT2D eigenvalue weighted by Gasteiger charge is 2.30. The Bertz CT molecular complexity index is 951. The van der Waals surface area contributed by atoms with Crippen LogP contribution in [0.25, 0.3) is 0 Å². The van der Waals surface area contributed by atoms with Crippen LogP contribution in [0, 0.1) is 12.8 Å². The van der Waals surface area contributed by atoms with Crippen LogP contribution in [0.4, 0.5) is 11.5 Å². The number of carbonyl (C=O) groups is 2. The average molecular weight is 460 g/mol. The lowest BCUT2D eigenvalue weighted by Gasteiger charge is -2.32. The van der Waals surface area contributed by atoms with Gasteiger partial charge in [-0.25, -0.2) is 0 Å². The van der Waals surface area contributed by atoms with E-state index in [1.807, 2.05) is 31.2 Å². The van der Waals surface area contributed by atoms with E-state index >= 15 is 0 Å². The topological polar surface area (TPSA) is 87.2 Å². The molecule has 1 atom stereocenters. The van der Waals surface area contributed by atoms with Gasteiger partial charge in [0.2, 0.25) is 11.8 Å². The molecule has 1 saturated heterocycles. The van der Waals surface area contributed by atoms with Gasteiger partial charge in [0.25, 0.3) is 0 Å². The maximum atomic E-state index is 12.4. The molecular formula is C22H26ClN5O2S. The maximum Gasteiger partial charge on any atom is 0.234 e. The zero-order chi connectivity index (χ0) is 21.8. The molecule has 2 N–H and O–H groups in total. The van der Waals surface area contributed by atoms with Gasteiger partial charge in [-0.1, -0.05) is 29.4 Å². The standard InChI is InChI=1S/C22H26ClN5O2S/c1-14-4-7-18(17(23)11-14)25-20(29)13-31-21-9-8-19(26-27-21)28-10-2-3-15(12-28)22(30)24-16-5-6-16/h4,7-9,11,15-16H,2-3,5-6,10,12-13H2,1H3,(H,24,30)(H,25,29)/t15-/m0/s1. The monoisotopic (exact) mass is 459 g/mol. The third-order valence-electron chi connectivity index (χ3n) is 5.42. The van der Waals surface area contributed by atoms with Crippen LogP contribution >= 0.6 is 23.4 Å². The van der Waals surface area contributed by atoms with Crippen molar-refractivity contribution in [2.24, 2.45) is 5.92 Å². The number of benzene rings is 1. The van der Waals surface area contributed by atoms with Crippen LogP contribution in [0.3, 0.4) is 0 Å². The molecule has 1 aliphatic heterocycles. The number of piperidine rings is 1. The van der Waals surface area contributed by atoms with Gasteiger partial charge in [0.05, 0.1) is 22.4 Å². The van der Waals surface area contributed by atoms with Crippen molar-refractivity contribution in [1.82, 2.24) is 15.5 Å². The molecule has 1 aromatic carbocycles. The third-order valence-corrected chi connectivity index (χ3v) is 6.65. The number of halogens is 1. The molecule has 2 heterocycles. The van der Waals surface area contributed by atoms with Crippen molar-refractivity contribution in [3.63, 3.8) is 0 Å². The zero-order valence-electron chi connectivity index (χ0n) is 17.4. The fourth-order valence-electron chi connectivity index (χ4n) is 3.55. The van der Waals surface area contributed by atoms with E-state index in [4.69, 9.17) is 11.6 Å². The number of hydrogen-bond acceptors (Lipinski definition) is 6. The molecule has 9 heteroatoms. The Kier molecular flexibility index (Phi) is 6.97. The van der Waals surface area contributed by atoms with Crippen LogP contribution in [0.15, 0.2) is 35.4 Å². The van der Waals surface area contributed by atoms with E-state index in [0.29, 0.717) is 28.3 Å². The van der Waals surface area contributed by atoms with Crippen molar-refractivity contribution in [2.75, 3.05) is 29.1 Å². The summed E-state index contributed by atoms with van der Waals surface area (Å²) >= 11 is 7.49. The lowest BCUT2D eigenvalue weighted by Crippen LogP contribution is -2.44. The lowest BCUT2D eigenvalue weighted by atomic mass is 9.97. The summed E-state index contributed by atoms with van der Waals surface area (Å²) in [4.78, 5) is 26.7. The first-order valence-electron chi connectivity index (χ1n) is 10.6. The molecule has 31 heavy (non-hydrogen) atoms. The fourth-order valence-corrected chi connectivity index (χ4v) is 4.45. The van der Waals surface area contributed by atoms with E-state index in [1.54, 1.807) is 6.07 Å². The number of amides is 2. The van der Waals surface area contributed by atoms with Gasteiger partial charge in [0.1, 0.15) is 5.03 Å². The first kappa shape index (κ1) is 21.9. The van der Waals surface area contributed by atoms with Gasteiger partial charge in [-0.3, -0.25) is 9.59 Å². The van der Waals surface area contributed by atoms with Crippen molar-refractivity contribution in [2.45, 2.75) is 43.7 Å². The average Bonchev–Trinajstić information content (AvgIpc) is 3.59. The van der Waals surface area contributed by atoms with E-state index in [9.17, 15) is 9.59 Å². The van der Waals surface area contributed by atoms with Crippen molar-refractivity contribution in [3.8, 4) is 0 Å². The molecule has 7 nitrogen and oxygen atoms in total. The molecule has 164 valence electrons. The van der Waals surface area contributed by atoms with Crippen LogP contribution in [-0.2, 0) is 9.59 Å². The molecule has 2 amide bonds. The Morgan fingerprint density at radius 3 is 2.74 bits per heavy atom. The molecule has 0 radical (unpaired) electrons. The van der Waals surface area contributed by atoms with E-state index in [2.05, 4.69) is 25.7 Å². The number of carbonyl (C=O) groups excluding carboxylic acids is 2. The van der Waals surface area contributed by atoms with E-state index < -0.39 is 0 Å². The van der Waals surface area contributed by atoms with Crippen LogP contribution in [-0.4, -0.2) is 46.9 Å². The number of rotatable bonds is 7. The predicted octanol–water partition coefficient (Wildman–Crippen LogP) is 3.66. The van der Waals surface area contributed by atoms with Crippen LogP contribution in [0.1, 0.15) is 31.2 Å². The molecule has 2 aromatic rings. The quantitative estimate of drug-likeness (QED) is 0.614. The molecule has 1 aromatic heterocycles. The second kappa shape index (κ2) is 9.87. The molecule has 0 spiro atoms. The Balaban J connectivity index is 1.27. The molecule has 1 aliphatic carbocycles. The summed E-state index contributed by atoms with van der Waals surface area (Å²) in [5.74, 6) is 0.992. The van der Waals surface area contributed by atoms with Gasteiger partial charge >= 0.3 is 0 Å². The summed E-state index contributed by atoms with van der Waals surface area (Å²) in [7, 11) is 0. The highest BCUT2D eigenvalue weighted by Crippen LogP contribution is 2.26. The van der Waals surface area contributed by atoms with E-state index in [1.165, 1.54) is 11.8 Å². The molecule has 2 aliphatic rings. The third kappa shape index (κ3) is 6.11. The first-order chi connectivity index (χ1) is 15.0. The van der Waals surface area contributed by atoms with Gasteiger partial charge in [-0.15, -0.1) is 10.2 Å². The van der Waals surface area contributed by atoms with Gasteiger partial charge < -0.3 is 15.5 Å². The SMILES string of the molecule is Cc1ccc(NC(=O)CSc2ccc(N3CCC[C@H](C(=O)NC4CC4)C3)nn2)c(Cl)c1. The summed E-state index contributed by atoms with van der Waals surface area (Å²) in [5.41, 5.74) is 1.64. The van der Waals surface area contributed by atoms with Crippen LogP contribution in [0.2, 0.25) is 5.02 Å². The number of nitrogens with zero attached hydrogens (tertiary/aromatic N) is 3. The van der Waals surface area contributed by atoms with E-state index in [-0.39, 0.29) is 23.5 Å². The Labute approximate surface area is 191 Å². The molecule has 0 unspecified atom stereocenters. The largest absolute Gasteiger partial charge is 0.354 e. The number of aryl methyl sites for hydroxylation is 1. The highest BCUT2D eigenvalue weighted by atomic mass is 35.5. The maximum absolute atomic E-state index is 12.4. The fraction of sp³-hybridized carbons (Fsp3) is 0.455. The minimum atomic E-state index is -0.151. The number of hydrogen-bond donors (Lipinski definition) is 2. The smallest absolute Gasteiger partial charge is 0.234 e. The number of thioether (sulfide) groups is 1. The summed E-state index contributed by atoms with van der Waals surface area (Å²) in [5, 5.41) is 15.7. The Morgan fingerprint density at radius 2 is 2.03 bits per heavy atom. The molecule has 2 fully saturated rings. The Hall–Kier alpha value is -2.32. The van der Waals surface area contributed by atoms with E-state index in [0.717, 1.165) is 43.6 Å². The molecular weight excluding hydrogens is 434 g/mol. The molecule has 1 saturated carbocycles. The lowest BCUT2D eigenvalue weighted by molar-refractivity contribution is -0.125. The van der Waals surface area contributed by atoms with Crippen molar-refractivity contribution < 1.29 is 9.59 Å². The van der Waals surface area contributed by atoms with Crippen molar-refractivity contribution in [3.05, 3.63) is 40.9 Å². The number of aromatic nitrogens is 2. The second-order valence-electron chi connectivity index (χ2n) is 8.12. The predicted molar refractivity (Wildman–Crippen MR) is 124 cm³/mol. The first-order valence-corrected chi connectivity index (χ1v) is 11.9. The van der Waals surface area contributed by atoms with Crippen molar-refractivity contribution >= 4 is 46.7 Å². The Morgan fingerprint density at radius 1 is 1.19 bits per heavy atom. The molecule has 4 rings (SSSR count). The summed E-state index contributed by atoms with van der Waals surface area (Å²) in [6.07, 6.45) is 4.07. The van der Waals surface area contributed by atoms with Gasteiger partial charge in [-0.05, 0) is 62.4 Å². The number of anilines is 2. The number of nitrogens with one attached hydrogen (secondary N) is 2. The second-order valence-corrected chi connectivity index (χ2v) is 9.52. The zero-order valence-corrected chi connectivity index (χ0v) is 19.0. The van der Waals surface area contributed by atoms with Crippen molar-refractivity contribution in [1.29, 1.82) is 0 Å². The summed E-state index contributed by atoms with van der Waals surface area (Å²) < 4.78 is 0. The summed E-state index contributed by atoms with van der Waals surface area (Å²) in [6.45, 7) is 3.48. The van der Waals surface area contributed by atoms with Gasteiger partial charge in [0, 0.05) is 19.1 Å². The van der Waals surface area contributed by atoms with Crippen LogP contribution < -0.4 is 15.5 Å². The van der Waals surface area contributed by atoms with Crippen LogP contribution in [0.5, 0.6) is 0 Å². The highest BCUT2D eigenvalue weighted by molar-refractivity contribution is 7.99. The van der Waals surface area contributed by atoms with Gasteiger partial charge in [-0.2, -0.15) is 0 Å². The summed E-state index contributed by atoms with van der Waals surface area (Å²) in [6, 6.07) is 9.68. The normalized spacial score (nSPS) is 18.5. The molecule has 0 bridgehead atoms. The van der Waals surface area contributed by atoms with Gasteiger partial charge in [0.15, 0.2) is 5.82 Å². The minimum Gasteiger partial charge on any atom is -0.354 e.